The topological polar surface area (TPSA) is 69.6 Å². The molecule has 0 unspecified atom stereocenters. The Bertz CT molecular complexity index is 408. The van der Waals surface area contributed by atoms with E-state index in [0.717, 1.165) is 5.56 Å². The molecule has 0 saturated heterocycles. The molecule has 94 valence electrons. The fraction of sp³-hybridized carbons (Fsp3) is 0.462. The molecule has 0 bridgehead atoms. The van der Waals surface area contributed by atoms with Gasteiger partial charge in [-0.1, -0.05) is 20.8 Å². The summed E-state index contributed by atoms with van der Waals surface area (Å²) in [6.07, 6.45) is 0. The first kappa shape index (κ1) is 13.5. The van der Waals surface area contributed by atoms with Crippen LogP contribution in [0.15, 0.2) is 18.2 Å². The van der Waals surface area contributed by atoms with Gasteiger partial charge in [-0.15, -0.1) is 0 Å². The quantitative estimate of drug-likeness (QED) is 0.744. The number of phenolic OH excluding ortho intramolecular Hbond substituents is 1. The van der Waals surface area contributed by atoms with Crippen molar-refractivity contribution in [1.29, 1.82) is 0 Å². The minimum Gasteiger partial charge on any atom is -0.508 e. The molecular formula is C13H19NO3. The van der Waals surface area contributed by atoms with Crippen molar-refractivity contribution in [2.45, 2.75) is 26.2 Å². The van der Waals surface area contributed by atoms with Crippen LogP contribution in [0.3, 0.4) is 0 Å². The molecule has 0 fully saturated rings. The Morgan fingerprint density at radius 2 is 2.00 bits per heavy atom. The highest BCUT2D eigenvalue weighted by atomic mass is 16.3. The second-order valence-electron chi connectivity index (χ2n) is 4.96. The van der Waals surface area contributed by atoms with Gasteiger partial charge in [0.1, 0.15) is 5.75 Å². The number of nitrogens with one attached hydrogen (secondary N) is 1. The van der Waals surface area contributed by atoms with Gasteiger partial charge in [-0.05, 0) is 23.6 Å². The summed E-state index contributed by atoms with van der Waals surface area (Å²) in [5.74, 6) is -0.0549. The van der Waals surface area contributed by atoms with Crippen LogP contribution in [-0.2, 0) is 5.41 Å². The lowest BCUT2D eigenvalue weighted by Gasteiger charge is -2.21. The summed E-state index contributed by atoms with van der Waals surface area (Å²) in [5, 5.41) is 21.0. The van der Waals surface area contributed by atoms with Crippen molar-refractivity contribution in [1.82, 2.24) is 5.32 Å². The van der Waals surface area contributed by atoms with Crippen molar-refractivity contribution in [2.24, 2.45) is 0 Å². The standard InChI is InChI=1S/C13H19NO3/c1-13(2,3)10-8-9(4-5-11(10)16)12(17)14-6-7-15/h4-5,8,15-16H,6-7H2,1-3H3,(H,14,17). The summed E-state index contributed by atoms with van der Waals surface area (Å²) in [5.41, 5.74) is 0.993. The number of aliphatic hydroxyl groups excluding tert-OH is 1. The molecule has 0 radical (unpaired) electrons. The molecule has 0 aliphatic rings. The Kier molecular flexibility index (Phi) is 4.12. The lowest BCUT2D eigenvalue weighted by molar-refractivity contribution is 0.0944. The van der Waals surface area contributed by atoms with Crippen LogP contribution in [0, 0.1) is 0 Å². The van der Waals surface area contributed by atoms with Gasteiger partial charge in [-0.2, -0.15) is 0 Å². The van der Waals surface area contributed by atoms with E-state index in [-0.39, 0.29) is 30.2 Å². The number of carbonyl (C=O) groups is 1. The monoisotopic (exact) mass is 237 g/mol. The third kappa shape index (κ3) is 3.46. The van der Waals surface area contributed by atoms with Crippen LogP contribution in [0.2, 0.25) is 0 Å². The smallest absolute Gasteiger partial charge is 0.251 e. The molecule has 0 aliphatic heterocycles. The van der Waals surface area contributed by atoms with Gasteiger partial charge in [0.05, 0.1) is 6.61 Å². The molecule has 4 nitrogen and oxygen atoms in total. The molecule has 1 rings (SSSR count). The van der Waals surface area contributed by atoms with Gasteiger partial charge in [0.2, 0.25) is 0 Å². The maximum atomic E-state index is 11.7. The number of aliphatic hydroxyl groups is 1. The van der Waals surface area contributed by atoms with Crippen LogP contribution in [0.1, 0.15) is 36.7 Å². The van der Waals surface area contributed by atoms with Gasteiger partial charge >= 0.3 is 0 Å². The second kappa shape index (κ2) is 5.19. The lowest BCUT2D eigenvalue weighted by Crippen LogP contribution is -2.26. The van der Waals surface area contributed by atoms with Crippen molar-refractivity contribution in [3.63, 3.8) is 0 Å². The minimum absolute atomic E-state index is 0.0873. The van der Waals surface area contributed by atoms with E-state index in [1.54, 1.807) is 12.1 Å². The van der Waals surface area contributed by atoms with E-state index < -0.39 is 0 Å². The summed E-state index contributed by atoms with van der Waals surface area (Å²) in [6.45, 7) is 6.05. The lowest BCUT2D eigenvalue weighted by atomic mass is 9.85. The van der Waals surface area contributed by atoms with Gasteiger partial charge < -0.3 is 15.5 Å². The number of aromatic hydroxyl groups is 1. The Hall–Kier alpha value is -1.55. The van der Waals surface area contributed by atoms with Crippen molar-refractivity contribution < 1.29 is 15.0 Å². The molecule has 0 spiro atoms. The molecule has 0 atom stereocenters. The van der Waals surface area contributed by atoms with Gasteiger partial charge in [0.15, 0.2) is 0 Å². The number of benzene rings is 1. The van der Waals surface area contributed by atoms with Crippen LogP contribution < -0.4 is 5.32 Å². The number of hydrogen-bond acceptors (Lipinski definition) is 3. The van der Waals surface area contributed by atoms with E-state index in [1.165, 1.54) is 6.07 Å². The predicted molar refractivity (Wildman–Crippen MR) is 66.2 cm³/mol. The first-order chi connectivity index (χ1) is 7.86. The SMILES string of the molecule is CC(C)(C)c1cc(C(=O)NCCO)ccc1O. The highest BCUT2D eigenvalue weighted by Gasteiger charge is 2.19. The first-order valence-electron chi connectivity index (χ1n) is 5.59. The number of hydrogen-bond donors (Lipinski definition) is 3. The molecule has 0 heterocycles. The van der Waals surface area contributed by atoms with Crippen LogP contribution in [-0.4, -0.2) is 29.3 Å². The minimum atomic E-state index is -0.246. The maximum absolute atomic E-state index is 11.7. The summed E-state index contributed by atoms with van der Waals surface area (Å²) in [7, 11) is 0. The molecule has 4 heteroatoms. The largest absolute Gasteiger partial charge is 0.508 e. The van der Waals surface area contributed by atoms with Crippen LogP contribution in [0.25, 0.3) is 0 Å². The molecule has 0 aliphatic carbocycles. The van der Waals surface area contributed by atoms with E-state index in [1.807, 2.05) is 20.8 Å². The van der Waals surface area contributed by atoms with Crippen molar-refractivity contribution in [3.8, 4) is 5.75 Å². The number of rotatable bonds is 3. The fourth-order valence-electron chi connectivity index (χ4n) is 1.55. The Balaban J connectivity index is 3.00. The van der Waals surface area contributed by atoms with E-state index in [0.29, 0.717) is 5.56 Å². The van der Waals surface area contributed by atoms with Gasteiger partial charge in [-0.25, -0.2) is 0 Å². The fourth-order valence-corrected chi connectivity index (χ4v) is 1.55. The highest BCUT2D eigenvalue weighted by molar-refractivity contribution is 5.94. The van der Waals surface area contributed by atoms with Gasteiger partial charge in [0, 0.05) is 17.7 Å². The average molecular weight is 237 g/mol. The van der Waals surface area contributed by atoms with Gasteiger partial charge in [0.25, 0.3) is 5.91 Å². The molecule has 1 aromatic rings. The van der Waals surface area contributed by atoms with Crippen molar-refractivity contribution >= 4 is 5.91 Å². The summed E-state index contributed by atoms with van der Waals surface area (Å²) in [4.78, 5) is 11.7. The number of amides is 1. The Morgan fingerprint density at radius 1 is 1.35 bits per heavy atom. The highest BCUT2D eigenvalue weighted by Crippen LogP contribution is 2.31. The van der Waals surface area contributed by atoms with E-state index in [9.17, 15) is 9.90 Å². The third-order valence-corrected chi connectivity index (χ3v) is 2.46. The van der Waals surface area contributed by atoms with Gasteiger partial charge in [-0.3, -0.25) is 4.79 Å². The third-order valence-electron chi connectivity index (χ3n) is 2.46. The van der Waals surface area contributed by atoms with E-state index in [2.05, 4.69) is 5.32 Å². The molecule has 17 heavy (non-hydrogen) atoms. The molecule has 0 aromatic heterocycles. The van der Waals surface area contributed by atoms with E-state index >= 15 is 0 Å². The molecule has 1 amide bonds. The van der Waals surface area contributed by atoms with Crippen molar-refractivity contribution in [2.75, 3.05) is 13.2 Å². The molecular weight excluding hydrogens is 218 g/mol. The zero-order chi connectivity index (χ0) is 13.1. The van der Waals surface area contributed by atoms with E-state index in [4.69, 9.17) is 5.11 Å². The first-order valence-corrected chi connectivity index (χ1v) is 5.59. The summed E-state index contributed by atoms with van der Waals surface area (Å²) >= 11 is 0. The van der Waals surface area contributed by atoms with Crippen LogP contribution in [0.5, 0.6) is 5.75 Å². The Labute approximate surface area is 101 Å². The summed E-state index contributed by atoms with van der Waals surface area (Å²) < 4.78 is 0. The zero-order valence-electron chi connectivity index (χ0n) is 10.4. The van der Waals surface area contributed by atoms with Crippen molar-refractivity contribution in [3.05, 3.63) is 29.3 Å². The second-order valence-corrected chi connectivity index (χ2v) is 4.96. The Morgan fingerprint density at radius 3 is 2.53 bits per heavy atom. The maximum Gasteiger partial charge on any atom is 0.251 e. The van der Waals surface area contributed by atoms with Crippen LogP contribution >= 0.6 is 0 Å². The normalized spacial score (nSPS) is 11.3. The predicted octanol–water partition coefficient (Wildman–Crippen LogP) is 1.41. The summed E-state index contributed by atoms with van der Waals surface area (Å²) in [6, 6.07) is 4.77. The van der Waals surface area contributed by atoms with Crippen LogP contribution in [0.4, 0.5) is 0 Å². The molecule has 3 N–H and O–H groups in total. The molecule has 1 aromatic carbocycles. The molecule has 0 saturated carbocycles. The number of carbonyl (C=O) groups excluding carboxylic acids is 1. The zero-order valence-corrected chi connectivity index (χ0v) is 10.4. The average Bonchev–Trinajstić information content (AvgIpc) is 2.25. The number of phenols is 1.